The van der Waals surface area contributed by atoms with Crippen molar-refractivity contribution in [2.75, 3.05) is 6.26 Å². The van der Waals surface area contributed by atoms with Gasteiger partial charge in [0.25, 0.3) is 0 Å². The molecule has 3 aromatic rings. The fourth-order valence-corrected chi connectivity index (χ4v) is 4.93. The van der Waals surface area contributed by atoms with Crippen LogP contribution >= 0.6 is 23.4 Å². The lowest BCUT2D eigenvalue weighted by Gasteiger charge is -2.25. The largest absolute Gasteiger partial charge is 0.481 e. The van der Waals surface area contributed by atoms with E-state index in [0.29, 0.717) is 5.02 Å². The van der Waals surface area contributed by atoms with Gasteiger partial charge in [0, 0.05) is 44.5 Å². The van der Waals surface area contributed by atoms with E-state index in [2.05, 4.69) is 29.0 Å². The summed E-state index contributed by atoms with van der Waals surface area (Å²) in [5.74, 6) is -0.699. The zero-order valence-corrected chi connectivity index (χ0v) is 16.1. The average Bonchev–Trinajstić information content (AvgIpc) is 2.98. The number of hydrogen-bond donors (Lipinski definition) is 1. The lowest BCUT2D eigenvalue weighted by atomic mass is 9.88. The standard InChI is InChI=1S/C21H20ClNO2S/c1-26-17-6-2-5-16-20(17)19(13-7-9-15(22)10-8-13)21-14(12-18(24)25)4-3-11-23(16)21/h2,5-10,14H,3-4,11-12H2,1H3,(H,24,25). The molecule has 0 saturated carbocycles. The summed E-state index contributed by atoms with van der Waals surface area (Å²) < 4.78 is 2.34. The summed E-state index contributed by atoms with van der Waals surface area (Å²) >= 11 is 7.84. The highest BCUT2D eigenvalue weighted by Crippen LogP contribution is 2.46. The molecule has 0 fully saturated rings. The number of aryl methyl sites for hydroxylation is 1. The third-order valence-corrected chi connectivity index (χ3v) is 6.22. The smallest absolute Gasteiger partial charge is 0.304 e. The zero-order valence-electron chi connectivity index (χ0n) is 14.5. The Morgan fingerprint density at radius 2 is 2.04 bits per heavy atom. The van der Waals surface area contributed by atoms with Crippen molar-refractivity contribution in [3.63, 3.8) is 0 Å². The zero-order chi connectivity index (χ0) is 18.3. The SMILES string of the molecule is CSc1cccc2c1c(-c1ccc(Cl)cc1)c1n2CCCC1CC(=O)O. The van der Waals surface area contributed by atoms with Gasteiger partial charge in [0.05, 0.1) is 6.42 Å². The number of carbonyl (C=O) groups is 1. The van der Waals surface area contributed by atoms with Crippen molar-refractivity contribution >= 4 is 40.2 Å². The minimum Gasteiger partial charge on any atom is -0.481 e. The molecule has 5 heteroatoms. The molecule has 0 aliphatic carbocycles. The molecule has 1 N–H and O–H groups in total. The summed E-state index contributed by atoms with van der Waals surface area (Å²) in [5, 5.41) is 11.4. The van der Waals surface area contributed by atoms with Gasteiger partial charge in [-0.1, -0.05) is 29.8 Å². The summed E-state index contributed by atoms with van der Waals surface area (Å²) in [6.07, 6.45) is 4.19. The van der Waals surface area contributed by atoms with Crippen LogP contribution in [0.3, 0.4) is 0 Å². The molecule has 0 bridgehead atoms. The number of nitrogens with zero attached hydrogens (tertiary/aromatic N) is 1. The van der Waals surface area contributed by atoms with E-state index in [4.69, 9.17) is 11.6 Å². The van der Waals surface area contributed by atoms with E-state index < -0.39 is 5.97 Å². The molecule has 0 saturated heterocycles. The normalized spacial score (nSPS) is 16.6. The van der Waals surface area contributed by atoms with Gasteiger partial charge in [-0.25, -0.2) is 0 Å². The predicted molar refractivity (Wildman–Crippen MR) is 108 cm³/mol. The highest BCUT2D eigenvalue weighted by atomic mass is 35.5. The number of benzene rings is 2. The van der Waals surface area contributed by atoms with Gasteiger partial charge in [-0.15, -0.1) is 11.8 Å². The van der Waals surface area contributed by atoms with Gasteiger partial charge in [0.15, 0.2) is 0 Å². The van der Waals surface area contributed by atoms with Crippen LogP contribution in [0.2, 0.25) is 5.02 Å². The summed E-state index contributed by atoms with van der Waals surface area (Å²) in [6.45, 7) is 0.938. The fourth-order valence-electron chi connectivity index (χ4n) is 4.17. The molecule has 1 aliphatic heterocycles. The molecule has 2 aromatic carbocycles. The van der Waals surface area contributed by atoms with E-state index in [0.717, 1.165) is 30.6 Å². The Bertz CT molecular complexity index is 978. The molecular weight excluding hydrogens is 366 g/mol. The second kappa shape index (κ2) is 7.01. The van der Waals surface area contributed by atoms with Crippen LogP contribution in [0, 0.1) is 0 Å². The van der Waals surface area contributed by atoms with Crippen molar-refractivity contribution in [3.8, 4) is 11.1 Å². The van der Waals surface area contributed by atoms with E-state index in [-0.39, 0.29) is 12.3 Å². The first kappa shape index (κ1) is 17.5. The van der Waals surface area contributed by atoms with Crippen LogP contribution in [-0.4, -0.2) is 21.9 Å². The van der Waals surface area contributed by atoms with Gasteiger partial charge in [0.2, 0.25) is 0 Å². The Morgan fingerprint density at radius 1 is 1.27 bits per heavy atom. The van der Waals surface area contributed by atoms with Crippen LogP contribution < -0.4 is 0 Å². The van der Waals surface area contributed by atoms with Crippen molar-refractivity contribution in [1.29, 1.82) is 0 Å². The van der Waals surface area contributed by atoms with Gasteiger partial charge in [0.1, 0.15) is 0 Å². The molecule has 1 aromatic heterocycles. The molecule has 1 unspecified atom stereocenters. The van der Waals surface area contributed by atoms with Crippen molar-refractivity contribution < 1.29 is 9.90 Å². The Balaban J connectivity index is 2.06. The van der Waals surface area contributed by atoms with Crippen LogP contribution in [0.1, 0.15) is 30.9 Å². The molecule has 1 atom stereocenters. The van der Waals surface area contributed by atoms with Gasteiger partial charge in [-0.3, -0.25) is 4.79 Å². The molecule has 0 spiro atoms. The Hall–Kier alpha value is -1.91. The monoisotopic (exact) mass is 385 g/mol. The lowest BCUT2D eigenvalue weighted by molar-refractivity contribution is -0.137. The molecule has 0 radical (unpaired) electrons. The molecule has 2 heterocycles. The topological polar surface area (TPSA) is 42.2 Å². The highest BCUT2D eigenvalue weighted by molar-refractivity contribution is 7.98. The van der Waals surface area contributed by atoms with E-state index in [1.165, 1.54) is 21.4 Å². The number of thioether (sulfide) groups is 1. The van der Waals surface area contributed by atoms with E-state index >= 15 is 0 Å². The summed E-state index contributed by atoms with van der Waals surface area (Å²) in [7, 11) is 0. The third kappa shape index (κ3) is 2.91. The Labute approximate surface area is 162 Å². The molecule has 0 amide bonds. The number of fused-ring (bicyclic) bond motifs is 3. The number of carboxylic acid groups (broad SMARTS) is 1. The minimum absolute atomic E-state index is 0.0361. The van der Waals surface area contributed by atoms with Crippen molar-refractivity contribution in [2.45, 2.75) is 36.6 Å². The van der Waals surface area contributed by atoms with Crippen LogP contribution in [0.5, 0.6) is 0 Å². The van der Waals surface area contributed by atoms with Crippen LogP contribution in [0.15, 0.2) is 47.4 Å². The summed E-state index contributed by atoms with van der Waals surface area (Å²) in [5.41, 5.74) is 4.64. The van der Waals surface area contributed by atoms with Crippen LogP contribution in [-0.2, 0) is 11.3 Å². The number of aromatic nitrogens is 1. The number of rotatable bonds is 4. The number of aliphatic carboxylic acids is 1. The quantitative estimate of drug-likeness (QED) is 0.557. The lowest BCUT2D eigenvalue weighted by Crippen LogP contribution is -2.18. The fraction of sp³-hybridized carbons (Fsp3) is 0.286. The third-order valence-electron chi connectivity index (χ3n) is 5.19. The van der Waals surface area contributed by atoms with Gasteiger partial charge in [-0.05, 0) is 48.9 Å². The van der Waals surface area contributed by atoms with Crippen LogP contribution in [0.4, 0.5) is 0 Å². The number of hydrogen-bond acceptors (Lipinski definition) is 2. The Morgan fingerprint density at radius 3 is 2.73 bits per heavy atom. The first-order valence-electron chi connectivity index (χ1n) is 8.77. The molecular formula is C21H20ClNO2S. The van der Waals surface area contributed by atoms with Crippen molar-refractivity contribution in [1.82, 2.24) is 4.57 Å². The number of halogens is 1. The maximum atomic E-state index is 11.5. The molecule has 26 heavy (non-hydrogen) atoms. The Kier molecular flexibility index (Phi) is 4.72. The number of carboxylic acids is 1. The maximum Gasteiger partial charge on any atom is 0.304 e. The minimum atomic E-state index is -0.735. The predicted octanol–water partition coefficient (Wildman–Crippen LogP) is 6.04. The molecule has 134 valence electrons. The molecule has 4 rings (SSSR count). The average molecular weight is 386 g/mol. The first-order chi connectivity index (χ1) is 12.6. The van der Waals surface area contributed by atoms with E-state index in [1.54, 1.807) is 11.8 Å². The summed E-state index contributed by atoms with van der Waals surface area (Å²) in [6, 6.07) is 14.3. The second-order valence-corrected chi connectivity index (χ2v) is 7.99. The highest BCUT2D eigenvalue weighted by Gasteiger charge is 2.30. The maximum absolute atomic E-state index is 11.5. The van der Waals surface area contributed by atoms with Gasteiger partial charge in [-0.2, -0.15) is 0 Å². The van der Waals surface area contributed by atoms with Crippen molar-refractivity contribution in [3.05, 3.63) is 53.2 Å². The van der Waals surface area contributed by atoms with Crippen molar-refractivity contribution in [2.24, 2.45) is 0 Å². The summed E-state index contributed by atoms with van der Waals surface area (Å²) in [4.78, 5) is 12.7. The molecule has 1 aliphatic rings. The van der Waals surface area contributed by atoms with Gasteiger partial charge < -0.3 is 9.67 Å². The van der Waals surface area contributed by atoms with Crippen LogP contribution in [0.25, 0.3) is 22.0 Å². The second-order valence-electron chi connectivity index (χ2n) is 6.71. The van der Waals surface area contributed by atoms with E-state index in [9.17, 15) is 9.90 Å². The van der Waals surface area contributed by atoms with Gasteiger partial charge >= 0.3 is 5.97 Å². The molecule has 3 nitrogen and oxygen atoms in total. The first-order valence-corrected chi connectivity index (χ1v) is 10.4. The van der Waals surface area contributed by atoms with E-state index in [1.807, 2.05) is 24.3 Å².